The van der Waals surface area contributed by atoms with E-state index in [4.69, 9.17) is 4.74 Å². The number of aliphatic hydroxyl groups excluding tert-OH is 1. The number of carbonyl (C=O) groups excluding carboxylic acids is 1. The van der Waals surface area contributed by atoms with Crippen molar-refractivity contribution in [3.63, 3.8) is 0 Å². The molecule has 21 heavy (non-hydrogen) atoms. The summed E-state index contributed by atoms with van der Waals surface area (Å²) in [6.07, 6.45) is 3.48. The Morgan fingerprint density at radius 2 is 2.19 bits per heavy atom. The van der Waals surface area contributed by atoms with Gasteiger partial charge in [-0.05, 0) is 23.8 Å². The highest BCUT2D eigenvalue weighted by atomic mass is 16.5. The van der Waals surface area contributed by atoms with Crippen LogP contribution in [0.15, 0.2) is 42.7 Å². The maximum absolute atomic E-state index is 11.6. The second-order valence-corrected chi connectivity index (χ2v) is 4.47. The minimum absolute atomic E-state index is 0.243. The molecular weight excluding hydrogens is 270 g/mol. The van der Waals surface area contributed by atoms with Gasteiger partial charge in [-0.3, -0.25) is 0 Å². The van der Waals surface area contributed by atoms with E-state index < -0.39 is 5.97 Å². The number of aliphatic hydroxyl groups is 1. The number of rotatable bonds is 3. The first-order valence-electron chi connectivity index (χ1n) is 6.36. The molecular formula is C15H13N3O3. The Morgan fingerprint density at radius 3 is 2.95 bits per heavy atom. The van der Waals surface area contributed by atoms with Crippen LogP contribution in [0.1, 0.15) is 15.9 Å². The van der Waals surface area contributed by atoms with Gasteiger partial charge in [0.2, 0.25) is 0 Å². The molecule has 1 aromatic carbocycles. The van der Waals surface area contributed by atoms with Gasteiger partial charge >= 0.3 is 5.97 Å². The predicted molar refractivity (Wildman–Crippen MR) is 75.7 cm³/mol. The quantitative estimate of drug-likeness (QED) is 0.740. The SMILES string of the molecule is COC(=O)c1ccc(-c2ccn3nccc3n2)cc1CO. The Labute approximate surface area is 120 Å². The van der Waals surface area contributed by atoms with Crippen LogP contribution in [-0.2, 0) is 11.3 Å². The number of hydrogen-bond donors (Lipinski definition) is 1. The number of ether oxygens (including phenoxy) is 1. The molecule has 6 nitrogen and oxygen atoms in total. The lowest BCUT2D eigenvalue weighted by Crippen LogP contribution is -2.06. The summed E-state index contributed by atoms with van der Waals surface area (Å²) in [6.45, 7) is -0.243. The van der Waals surface area contributed by atoms with Crippen molar-refractivity contribution in [1.29, 1.82) is 0 Å². The summed E-state index contributed by atoms with van der Waals surface area (Å²) in [6, 6.07) is 8.78. The number of benzene rings is 1. The van der Waals surface area contributed by atoms with Crippen molar-refractivity contribution in [3.8, 4) is 11.3 Å². The van der Waals surface area contributed by atoms with Gasteiger partial charge < -0.3 is 9.84 Å². The second kappa shape index (κ2) is 5.34. The van der Waals surface area contributed by atoms with Crippen LogP contribution in [0.4, 0.5) is 0 Å². The van der Waals surface area contributed by atoms with Gasteiger partial charge in [0.1, 0.15) is 0 Å². The molecule has 0 bridgehead atoms. The monoisotopic (exact) mass is 283 g/mol. The van der Waals surface area contributed by atoms with Crippen LogP contribution in [0.5, 0.6) is 0 Å². The molecule has 0 unspecified atom stereocenters. The fourth-order valence-corrected chi connectivity index (χ4v) is 2.17. The number of esters is 1. The molecule has 6 heteroatoms. The average molecular weight is 283 g/mol. The van der Waals surface area contributed by atoms with Crippen LogP contribution in [0, 0.1) is 0 Å². The zero-order valence-corrected chi connectivity index (χ0v) is 11.4. The lowest BCUT2D eigenvalue weighted by atomic mass is 10.0. The minimum Gasteiger partial charge on any atom is -0.465 e. The van der Waals surface area contributed by atoms with Crippen molar-refractivity contribution in [2.45, 2.75) is 6.61 Å². The highest BCUT2D eigenvalue weighted by Crippen LogP contribution is 2.22. The van der Waals surface area contributed by atoms with Crippen LogP contribution < -0.4 is 0 Å². The molecule has 0 aliphatic carbocycles. The zero-order valence-electron chi connectivity index (χ0n) is 11.4. The van der Waals surface area contributed by atoms with E-state index in [9.17, 15) is 9.90 Å². The first-order valence-corrected chi connectivity index (χ1v) is 6.36. The Morgan fingerprint density at radius 1 is 1.33 bits per heavy atom. The van der Waals surface area contributed by atoms with Crippen molar-refractivity contribution in [2.75, 3.05) is 7.11 Å². The van der Waals surface area contributed by atoms with Crippen molar-refractivity contribution in [1.82, 2.24) is 14.6 Å². The number of methoxy groups -OCH3 is 1. The normalized spacial score (nSPS) is 10.8. The Bertz CT molecular complexity index is 811. The molecule has 3 rings (SSSR count). The van der Waals surface area contributed by atoms with Gasteiger partial charge in [0.15, 0.2) is 5.65 Å². The van der Waals surface area contributed by atoms with Gasteiger partial charge in [-0.1, -0.05) is 6.07 Å². The second-order valence-electron chi connectivity index (χ2n) is 4.47. The molecule has 3 aromatic rings. The molecule has 0 saturated heterocycles. The molecule has 0 aliphatic rings. The number of hydrogen-bond acceptors (Lipinski definition) is 5. The molecule has 106 valence electrons. The van der Waals surface area contributed by atoms with Crippen LogP contribution in [-0.4, -0.2) is 32.8 Å². The van der Waals surface area contributed by atoms with Gasteiger partial charge in [0.25, 0.3) is 0 Å². The summed E-state index contributed by atoms with van der Waals surface area (Å²) < 4.78 is 6.36. The van der Waals surface area contributed by atoms with E-state index in [0.29, 0.717) is 11.1 Å². The molecule has 0 amide bonds. The number of aromatic nitrogens is 3. The lowest BCUT2D eigenvalue weighted by Gasteiger charge is -2.08. The molecule has 1 N–H and O–H groups in total. The summed E-state index contributed by atoms with van der Waals surface area (Å²) in [5, 5.41) is 13.5. The summed E-state index contributed by atoms with van der Waals surface area (Å²) in [4.78, 5) is 16.1. The van der Waals surface area contributed by atoms with E-state index in [1.807, 2.05) is 12.3 Å². The zero-order chi connectivity index (χ0) is 14.8. The summed E-state index contributed by atoms with van der Waals surface area (Å²) in [5.74, 6) is -0.468. The predicted octanol–water partition coefficient (Wildman–Crippen LogP) is 1.68. The number of fused-ring (bicyclic) bond motifs is 1. The first kappa shape index (κ1) is 13.3. The Balaban J connectivity index is 2.07. The lowest BCUT2D eigenvalue weighted by molar-refractivity contribution is 0.0597. The molecule has 2 heterocycles. The Kier molecular flexibility index (Phi) is 3.37. The van der Waals surface area contributed by atoms with Crippen molar-refractivity contribution >= 4 is 11.6 Å². The molecule has 2 aromatic heterocycles. The molecule has 0 aliphatic heterocycles. The third kappa shape index (κ3) is 2.36. The first-order chi connectivity index (χ1) is 10.2. The van der Waals surface area contributed by atoms with Gasteiger partial charge in [0, 0.05) is 17.8 Å². The summed E-state index contributed by atoms with van der Waals surface area (Å²) >= 11 is 0. The molecule has 0 atom stereocenters. The fraction of sp³-hybridized carbons (Fsp3) is 0.133. The highest BCUT2D eigenvalue weighted by Gasteiger charge is 2.13. The number of nitrogens with zero attached hydrogens (tertiary/aromatic N) is 3. The fourth-order valence-electron chi connectivity index (χ4n) is 2.17. The maximum Gasteiger partial charge on any atom is 0.338 e. The highest BCUT2D eigenvalue weighted by molar-refractivity contribution is 5.91. The topological polar surface area (TPSA) is 76.7 Å². The van der Waals surface area contributed by atoms with Gasteiger partial charge in [-0.2, -0.15) is 5.10 Å². The van der Waals surface area contributed by atoms with E-state index in [2.05, 4.69) is 10.1 Å². The summed E-state index contributed by atoms with van der Waals surface area (Å²) in [5.41, 5.74) is 3.16. The molecule has 0 spiro atoms. The van der Waals surface area contributed by atoms with E-state index in [1.165, 1.54) is 7.11 Å². The third-order valence-electron chi connectivity index (χ3n) is 3.23. The van der Waals surface area contributed by atoms with E-state index in [-0.39, 0.29) is 6.61 Å². The van der Waals surface area contributed by atoms with Gasteiger partial charge in [-0.25, -0.2) is 14.3 Å². The van der Waals surface area contributed by atoms with E-state index in [0.717, 1.165) is 16.9 Å². The minimum atomic E-state index is -0.468. The van der Waals surface area contributed by atoms with Crippen molar-refractivity contribution in [2.24, 2.45) is 0 Å². The Hall–Kier alpha value is -2.73. The number of carbonyl (C=O) groups is 1. The smallest absolute Gasteiger partial charge is 0.338 e. The van der Waals surface area contributed by atoms with Crippen LogP contribution in [0.2, 0.25) is 0 Å². The largest absolute Gasteiger partial charge is 0.465 e. The average Bonchev–Trinajstić information content (AvgIpc) is 3.01. The van der Waals surface area contributed by atoms with Crippen LogP contribution in [0.3, 0.4) is 0 Å². The molecule has 0 fully saturated rings. The molecule has 0 saturated carbocycles. The van der Waals surface area contributed by atoms with E-state index in [1.54, 1.807) is 35.0 Å². The summed E-state index contributed by atoms with van der Waals surface area (Å²) in [7, 11) is 1.31. The van der Waals surface area contributed by atoms with E-state index >= 15 is 0 Å². The standard InChI is InChI=1S/C15H13N3O3/c1-21-15(20)12-3-2-10(8-11(12)9-19)13-5-7-18-14(17-13)4-6-16-18/h2-8,19H,9H2,1H3. The van der Waals surface area contributed by atoms with Crippen LogP contribution in [0.25, 0.3) is 16.9 Å². The van der Waals surface area contributed by atoms with Crippen molar-refractivity contribution in [3.05, 3.63) is 53.9 Å². The van der Waals surface area contributed by atoms with Gasteiger partial charge in [-0.15, -0.1) is 0 Å². The third-order valence-corrected chi connectivity index (χ3v) is 3.23. The molecule has 0 radical (unpaired) electrons. The van der Waals surface area contributed by atoms with Gasteiger partial charge in [0.05, 0.1) is 31.2 Å². The van der Waals surface area contributed by atoms with Crippen LogP contribution >= 0.6 is 0 Å². The maximum atomic E-state index is 11.6. The van der Waals surface area contributed by atoms with Crippen molar-refractivity contribution < 1.29 is 14.6 Å².